The molecule has 34 heavy (non-hydrogen) atoms. The third-order valence-electron chi connectivity index (χ3n) is 6.84. The number of hydrogen-bond acceptors (Lipinski definition) is 1. The molecule has 0 amide bonds. The Morgan fingerprint density at radius 1 is 0.794 bits per heavy atom. The van der Waals surface area contributed by atoms with Crippen molar-refractivity contribution < 1.29 is 22.3 Å². The van der Waals surface area contributed by atoms with Crippen molar-refractivity contribution in [1.82, 2.24) is 0 Å². The molecule has 0 spiro atoms. The average molecular weight is 469 g/mol. The molecule has 0 bridgehead atoms. The Morgan fingerprint density at radius 3 is 2.15 bits per heavy atom. The fraction of sp³-hybridized carbons (Fsp3) is 0.310. The van der Waals surface area contributed by atoms with Crippen LogP contribution in [0.3, 0.4) is 0 Å². The van der Waals surface area contributed by atoms with Crippen LogP contribution in [0, 0.1) is 29.2 Å². The summed E-state index contributed by atoms with van der Waals surface area (Å²) in [4.78, 5) is 0. The Kier molecular flexibility index (Phi) is 7.40. The normalized spacial score (nSPS) is 18.4. The van der Waals surface area contributed by atoms with E-state index in [1.54, 1.807) is 24.3 Å². The van der Waals surface area contributed by atoms with E-state index >= 15 is 0 Å². The second kappa shape index (κ2) is 10.5. The van der Waals surface area contributed by atoms with E-state index in [0.29, 0.717) is 24.0 Å². The molecular formula is C29H28F4O. The van der Waals surface area contributed by atoms with E-state index in [4.69, 9.17) is 4.74 Å². The molecule has 0 N–H and O–H groups in total. The van der Waals surface area contributed by atoms with Crippen LogP contribution in [0.2, 0.25) is 0 Å². The van der Waals surface area contributed by atoms with Gasteiger partial charge in [-0.2, -0.15) is 4.39 Å². The topological polar surface area (TPSA) is 9.23 Å². The van der Waals surface area contributed by atoms with Crippen molar-refractivity contribution in [3.63, 3.8) is 0 Å². The minimum Gasteiger partial charge on any atom is -0.494 e. The van der Waals surface area contributed by atoms with Crippen LogP contribution in [0.25, 0.3) is 17.2 Å². The highest BCUT2D eigenvalue weighted by molar-refractivity contribution is 5.67. The lowest BCUT2D eigenvalue weighted by Gasteiger charge is -2.27. The van der Waals surface area contributed by atoms with Crippen LogP contribution in [0.4, 0.5) is 17.6 Å². The zero-order chi connectivity index (χ0) is 24.2. The van der Waals surface area contributed by atoms with Gasteiger partial charge in [-0.25, -0.2) is 13.2 Å². The van der Waals surface area contributed by atoms with Gasteiger partial charge in [0.2, 0.25) is 5.82 Å². The first kappa shape index (κ1) is 24.1. The molecule has 0 heterocycles. The monoisotopic (exact) mass is 468 g/mol. The fourth-order valence-electron chi connectivity index (χ4n) is 4.72. The van der Waals surface area contributed by atoms with E-state index in [1.165, 1.54) is 13.2 Å². The maximum atomic E-state index is 14.8. The second-order valence-electron chi connectivity index (χ2n) is 8.84. The highest BCUT2D eigenvalue weighted by Crippen LogP contribution is 2.39. The van der Waals surface area contributed by atoms with Gasteiger partial charge in [-0.3, -0.25) is 0 Å². The molecule has 1 aliphatic carbocycles. The summed E-state index contributed by atoms with van der Waals surface area (Å²) in [5.74, 6) is -3.52. The summed E-state index contributed by atoms with van der Waals surface area (Å²) in [6.45, 7) is 2.04. The van der Waals surface area contributed by atoms with Crippen molar-refractivity contribution in [3.05, 3.63) is 94.6 Å². The zero-order valence-electron chi connectivity index (χ0n) is 19.4. The van der Waals surface area contributed by atoms with Gasteiger partial charge in [0.05, 0.1) is 7.11 Å². The molecule has 0 aromatic heterocycles. The summed E-state index contributed by atoms with van der Waals surface area (Å²) in [6.07, 6.45) is 7.33. The maximum Gasteiger partial charge on any atom is 0.200 e. The SMILES string of the molecule is CCc1ccc(-c2ccc(/C=C/C3CCC(c4ccc(OC)c(F)c4F)CC3)c(F)c2F)cc1. The lowest BCUT2D eigenvalue weighted by molar-refractivity contribution is 0.350. The Hall–Kier alpha value is -3.08. The van der Waals surface area contributed by atoms with Crippen LogP contribution < -0.4 is 4.74 Å². The molecule has 0 saturated heterocycles. The van der Waals surface area contributed by atoms with Crippen molar-refractivity contribution >= 4 is 6.08 Å². The van der Waals surface area contributed by atoms with Crippen LogP contribution in [0.15, 0.2) is 54.6 Å². The van der Waals surface area contributed by atoms with E-state index in [9.17, 15) is 17.6 Å². The van der Waals surface area contributed by atoms with Gasteiger partial charge in [0.1, 0.15) is 0 Å². The number of hydrogen-bond donors (Lipinski definition) is 0. The lowest BCUT2D eigenvalue weighted by Crippen LogP contribution is -2.13. The Balaban J connectivity index is 1.43. The summed E-state index contributed by atoms with van der Waals surface area (Å²) >= 11 is 0. The Labute approximate surface area is 198 Å². The highest BCUT2D eigenvalue weighted by Gasteiger charge is 2.26. The molecule has 1 saturated carbocycles. The van der Waals surface area contributed by atoms with Crippen LogP contribution in [0.5, 0.6) is 5.75 Å². The maximum absolute atomic E-state index is 14.8. The van der Waals surface area contributed by atoms with E-state index < -0.39 is 23.3 Å². The smallest absolute Gasteiger partial charge is 0.200 e. The molecular weight excluding hydrogens is 440 g/mol. The quantitative estimate of drug-likeness (QED) is 0.330. The van der Waals surface area contributed by atoms with Crippen LogP contribution in [-0.4, -0.2) is 7.11 Å². The Bertz CT molecular complexity index is 1180. The number of ether oxygens (including phenoxy) is 1. The highest BCUT2D eigenvalue weighted by atomic mass is 19.2. The molecule has 4 rings (SSSR count). The molecule has 0 aliphatic heterocycles. The van der Waals surface area contributed by atoms with Crippen molar-refractivity contribution in [2.45, 2.75) is 44.9 Å². The lowest BCUT2D eigenvalue weighted by atomic mass is 9.78. The van der Waals surface area contributed by atoms with E-state index in [-0.39, 0.29) is 28.7 Å². The van der Waals surface area contributed by atoms with Crippen molar-refractivity contribution in [2.75, 3.05) is 7.11 Å². The summed E-state index contributed by atoms with van der Waals surface area (Å²) in [5.41, 5.74) is 2.60. The van der Waals surface area contributed by atoms with Gasteiger partial charge in [-0.05, 0) is 66.7 Å². The number of allylic oxidation sites excluding steroid dienone is 1. The number of halogens is 4. The van der Waals surface area contributed by atoms with Crippen LogP contribution in [-0.2, 0) is 6.42 Å². The van der Waals surface area contributed by atoms with Gasteiger partial charge in [-0.1, -0.05) is 61.5 Å². The predicted molar refractivity (Wildman–Crippen MR) is 128 cm³/mol. The van der Waals surface area contributed by atoms with Gasteiger partial charge >= 0.3 is 0 Å². The van der Waals surface area contributed by atoms with Crippen LogP contribution in [0.1, 0.15) is 55.2 Å². The molecule has 1 fully saturated rings. The average Bonchev–Trinajstić information content (AvgIpc) is 2.87. The van der Waals surface area contributed by atoms with E-state index in [1.807, 2.05) is 37.3 Å². The van der Waals surface area contributed by atoms with Gasteiger partial charge < -0.3 is 4.74 Å². The van der Waals surface area contributed by atoms with Gasteiger partial charge in [-0.15, -0.1) is 0 Å². The number of rotatable bonds is 6. The summed E-state index contributed by atoms with van der Waals surface area (Å²) in [7, 11) is 1.31. The first-order valence-corrected chi connectivity index (χ1v) is 11.7. The number of aryl methyl sites for hydroxylation is 1. The molecule has 0 atom stereocenters. The van der Waals surface area contributed by atoms with Crippen molar-refractivity contribution in [1.29, 1.82) is 0 Å². The molecule has 3 aromatic rings. The fourth-order valence-corrected chi connectivity index (χ4v) is 4.72. The Morgan fingerprint density at radius 2 is 1.50 bits per heavy atom. The van der Waals surface area contributed by atoms with E-state index in [0.717, 1.165) is 24.8 Å². The molecule has 178 valence electrons. The standard InChI is InChI=1S/C29H28F4O/c1-3-18-4-9-20(10-5-18)23-15-14-22(26(30)27(23)31)13-8-19-6-11-21(12-7-19)24-16-17-25(34-2)29(33)28(24)32/h4-5,8-10,13-17,19,21H,3,6-7,11-12H2,1-2H3/b13-8+. The summed E-state index contributed by atoms with van der Waals surface area (Å²) in [6, 6.07) is 13.7. The molecule has 5 heteroatoms. The van der Waals surface area contributed by atoms with Gasteiger partial charge in [0, 0.05) is 11.1 Å². The first-order chi connectivity index (χ1) is 16.4. The second-order valence-corrected chi connectivity index (χ2v) is 8.84. The van der Waals surface area contributed by atoms with Crippen molar-refractivity contribution in [3.8, 4) is 16.9 Å². The molecule has 1 aliphatic rings. The van der Waals surface area contributed by atoms with Crippen molar-refractivity contribution in [2.24, 2.45) is 5.92 Å². The molecule has 1 nitrogen and oxygen atoms in total. The largest absolute Gasteiger partial charge is 0.494 e. The van der Waals surface area contributed by atoms with Gasteiger partial charge in [0.25, 0.3) is 0 Å². The molecule has 0 radical (unpaired) electrons. The third kappa shape index (κ3) is 4.89. The predicted octanol–water partition coefficient (Wildman–Crippen LogP) is 8.47. The number of benzene rings is 3. The summed E-state index contributed by atoms with van der Waals surface area (Å²) in [5, 5.41) is 0. The minimum atomic E-state index is -0.954. The first-order valence-electron chi connectivity index (χ1n) is 11.7. The molecule has 3 aromatic carbocycles. The molecule has 0 unspecified atom stereocenters. The van der Waals surface area contributed by atoms with Gasteiger partial charge in [0.15, 0.2) is 23.2 Å². The van der Waals surface area contributed by atoms with Crippen LogP contribution >= 0.6 is 0 Å². The zero-order valence-corrected chi connectivity index (χ0v) is 19.4. The number of methoxy groups -OCH3 is 1. The third-order valence-corrected chi connectivity index (χ3v) is 6.84. The summed E-state index contributed by atoms with van der Waals surface area (Å²) < 4.78 is 62.9. The van der Waals surface area contributed by atoms with E-state index in [2.05, 4.69) is 0 Å². The minimum absolute atomic E-state index is 0.0717.